The molecule has 0 spiro atoms. The van der Waals surface area contributed by atoms with Crippen molar-refractivity contribution in [3.63, 3.8) is 0 Å². The van der Waals surface area contributed by atoms with Crippen LogP contribution < -0.4 is 0 Å². The minimum absolute atomic E-state index is 0.0186. The molecule has 3 heterocycles. The first kappa shape index (κ1) is 30.9. The first-order chi connectivity index (χ1) is 26.7. The summed E-state index contributed by atoms with van der Waals surface area (Å²) in [5.41, 5.74) is 10.7. The molecule has 0 N–H and O–H groups in total. The monoisotopic (exact) mass is 709 g/mol. The molecule has 1 aliphatic carbocycles. The van der Waals surface area contributed by atoms with Crippen molar-refractivity contribution in [1.82, 2.24) is 15.0 Å². The maximum Gasteiger partial charge on any atom is 0.164 e. The van der Waals surface area contributed by atoms with Crippen LogP contribution in [0.3, 0.4) is 0 Å². The third-order valence-corrected chi connectivity index (χ3v) is 11.8. The van der Waals surface area contributed by atoms with Crippen LogP contribution in [0.15, 0.2) is 168 Å². The SMILES string of the molecule is C1=CC(c2nc(-c3ccc(-c4ccccc4)cc3)nc(-c3cccc4oc5cc(-c6ccc7c(c6)sc6ccccc67)ccc5c34)n2)Cc2ccccc21. The van der Waals surface area contributed by atoms with Gasteiger partial charge in [-0.05, 0) is 70.1 Å². The lowest BCUT2D eigenvalue weighted by molar-refractivity contribution is 0.669. The molecule has 11 rings (SSSR count). The average molecular weight is 710 g/mol. The highest BCUT2D eigenvalue weighted by molar-refractivity contribution is 7.25. The smallest absolute Gasteiger partial charge is 0.164 e. The summed E-state index contributed by atoms with van der Waals surface area (Å²) < 4.78 is 9.18. The van der Waals surface area contributed by atoms with Crippen LogP contribution in [0, 0.1) is 0 Å². The number of nitrogens with zero attached hydrogens (tertiary/aromatic N) is 3. The second kappa shape index (κ2) is 12.5. The predicted molar refractivity (Wildman–Crippen MR) is 224 cm³/mol. The van der Waals surface area contributed by atoms with Gasteiger partial charge in [-0.2, -0.15) is 0 Å². The Bertz CT molecular complexity index is 3080. The highest BCUT2D eigenvalue weighted by atomic mass is 32.1. The number of hydrogen-bond donors (Lipinski definition) is 0. The fourth-order valence-electron chi connectivity index (χ4n) is 7.93. The number of aromatic nitrogens is 3. The quantitative estimate of drug-likeness (QED) is 0.178. The molecule has 0 radical (unpaired) electrons. The van der Waals surface area contributed by atoms with Crippen molar-refractivity contribution in [3.05, 3.63) is 181 Å². The summed E-state index contributed by atoms with van der Waals surface area (Å²) in [6.07, 6.45) is 5.26. The van der Waals surface area contributed by atoms with Crippen LogP contribution in [0.25, 0.3) is 93.2 Å². The van der Waals surface area contributed by atoms with Crippen LogP contribution in [0.1, 0.15) is 22.9 Å². The fourth-order valence-corrected chi connectivity index (χ4v) is 9.08. The summed E-state index contributed by atoms with van der Waals surface area (Å²) in [6.45, 7) is 0. The Morgan fingerprint density at radius 2 is 1.20 bits per heavy atom. The van der Waals surface area contributed by atoms with Crippen LogP contribution in [0.4, 0.5) is 0 Å². The van der Waals surface area contributed by atoms with E-state index in [0.717, 1.165) is 56.4 Å². The Morgan fingerprint density at radius 1 is 0.500 bits per heavy atom. The maximum absolute atomic E-state index is 6.59. The molecule has 0 saturated heterocycles. The summed E-state index contributed by atoms with van der Waals surface area (Å²) in [6, 6.07) is 55.6. The van der Waals surface area contributed by atoms with Crippen molar-refractivity contribution in [1.29, 1.82) is 0 Å². The van der Waals surface area contributed by atoms with Crippen molar-refractivity contribution >= 4 is 59.5 Å². The third kappa shape index (κ3) is 5.24. The minimum Gasteiger partial charge on any atom is -0.456 e. The normalized spacial score (nSPS) is 14.0. The van der Waals surface area contributed by atoms with Gasteiger partial charge >= 0.3 is 0 Å². The molecule has 1 atom stereocenters. The molecule has 1 aliphatic rings. The van der Waals surface area contributed by atoms with E-state index >= 15 is 0 Å². The molecule has 5 heteroatoms. The van der Waals surface area contributed by atoms with E-state index in [2.05, 4.69) is 152 Å². The molecule has 10 aromatic rings. The van der Waals surface area contributed by atoms with E-state index in [0.29, 0.717) is 11.6 Å². The van der Waals surface area contributed by atoms with Crippen LogP contribution >= 0.6 is 11.3 Å². The van der Waals surface area contributed by atoms with Crippen LogP contribution in [-0.2, 0) is 6.42 Å². The van der Waals surface area contributed by atoms with E-state index in [1.54, 1.807) is 0 Å². The molecule has 0 bridgehead atoms. The maximum atomic E-state index is 6.59. The van der Waals surface area contributed by atoms with Gasteiger partial charge in [0.05, 0.1) is 0 Å². The van der Waals surface area contributed by atoms with Gasteiger partial charge in [-0.3, -0.25) is 0 Å². The largest absolute Gasteiger partial charge is 0.456 e. The van der Waals surface area contributed by atoms with Crippen molar-refractivity contribution in [2.45, 2.75) is 12.3 Å². The van der Waals surface area contributed by atoms with Gasteiger partial charge in [-0.25, -0.2) is 15.0 Å². The third-order valence-electron chi connectivity index (χ3n) is 10.7. The van der Waals surface area contributed by atoms with Crippen molar-refractivity contribution in [2.75, 3.05) is 0 Å². The number of hydrogen-bond acceptors (Lipinski definition) is 5. The van der Waals surface area contributed by atoms with Crippen LogP contribution in [0.2, 0.25) is 0 Å². The zero-order valence-electron chi connectivity index (χ0n) is 29.1. The van der Waals surface area contributed by atoms with Gasteiger partial charge in [0.15, 0.2) is 11.6 Å². The first-order valence-electron chi connectivity index (χ1n) is 18.3. The summed E-state index contributed by atoms with van der Waals surface area (Å²) in [4.78, 5) is 15.5. The molecule has 0 fully saturated rings. The van der Waals surface area contributed by atoms with E-state index in [9.17, 15) is 0 Å². The Hall–Kier alpha value is -6.69. The number of allylic oxidation sites excluding steroid dienone is 1. The van der Waals surface area contributed by atoms with Crippen molar-refractivity contribution in [3.8, 4) is 45.0 Å². The Labute approximate surface area is 315 Å². The van der Waals surface area contributed by atoms with Crippen molar-refractivity contribution < 1.29 is 4.42 Å². The highest BCUT2D eigenvalue weighted by Crippen LogP contribution is 2.40. The Kier molecular flexibility index (Phi) is 7.13. The number of fused-ring (bicyclic) bond motifs is 7. The standard InChI is InChI=1S/C49H31N3OS/c1-2-9-30(10-3-1)32-17-20-33(21-18-32)47-50-48(37-22-19-31-11-4-5-12-34(31)27-37)52-49(51-47)41-14-8-15-42-46(41)40-26-24-35(28-43(40)53-42)36-23-25-39-38-13-6-7-16-44(38)54-45(39)29-36/h1-26,28-29,37H,27H2. The van der Waals surface area contributed by atoms with Gasteiger partial charge < -0.3 is 4.42 Å². The fraction of sp³-hybridized carbons (Fsp3) is 0.0408. The van der Waals surface area contributed by atoms with Gasteiger partial charge in [0, 0.05) is 48.0 Å². The zero-order valence-corrected chi connectivity index (χ0v) is 29.9. The lowest BCUT2D eigenvalue weighted by Gasteiger charge is -2.19. The van der Waals surface area contributed by atoms with E-state index in [4.69, 9.17) is 19.4 Å². The summed E-state index contributed by atoms with van der Waals surface area (Å²) in [5, 5.41) is 4.65. The second-order valence-electron chi connectivity index (χ2n) is 14.0. The van der Waals surface area contributed by atoms with Gasteiger partial charge in [0.1, 0.15) is 17.0 Å². The number of benzene rings is 7. The number of rotatable bonds is 5. The van der Waals surface area contributed by atoms with Crippen molar-refractivity contribution in [2.24, 2.45) is 0 Å². The topological polar surface area (TPSA) is 51.8 Å². The summed E-state index contributed by atoms with van der Waals surface area (Å²) in [7, 11) is 0. The molecule has 3 aromatic heterocycles. The highest BCUT2D eigenvalue weighted by Gasteiger charge is 2.23. The number of furan rings is 1. The van der Waals surface area contributed by atoms with Gasteiger partial charge in [-0.15, -0.1) is 11.3 Å². The minimum atomic E-state index is 0.0186. The lowest BCUT2D eigenvalue weighted by Crippen LogP contribution is -2.12. The molecule has 254 valence electrons. The molecular weight excluding hydrogens is 679 g/mol. The average Bonchev–Trinajstić information content (AvgIpc) is 3.81. The molecule has 0 aliphatic heterocycles. The predicted octanol–water partition coefficient (Wildman–Crippen LogP) is 13.2. The Balaban J connectivity index is 1.03. The summed E-state index contributed by atoms with van der Waals surface area (Å²) in [5.74, 6) is 2.08. The van der Waals surface area contributed by atoms with E-state index in [1.807, 2.05) is 29.5 Å². The van der Waals surface area contributed by atoms with E-state index in [-0.39, 0.29) is 5.92 Å². The van der Waals surface area contributed by atoms with E-state index in [1.165, 1.54) is 42.4 Å². The molecule has 1 unspecified atom stereocenters. The number of thiophene rings is 1. The van der Waals surface area contributed by atoms with Crippen LogP contribution in [-0.4, -0.2) is 15.0 Å². The lowest BCUT2D eigenvalue weighted by atomic mass is 9.89. The zero-order chi connectivity index (χ0) is 35.6. The van der Waals surface area contributed by atoms with E-state index < -0.39 is 0 Å². The van der Waals surface area contributed by atoms with Gasteiger partial charge in [0.25, 0.3) is 0 Å². The summed E-state index contributed by atoms with van der Waals surface area (Å²) >= 11 is 1.84. The molecule has 7 aromatic carbocycles. The molecule has 0 saturated carbocycles. The van der Waals surface area contributed by atoms with Crippen LogP contribution in [0.5, 0.6) is 0 Å². The molecular formula is C49H31N3OS. The molecule has 0 amide bonds. The Morgan fingerprint density at radius 3 is 2.11 bits per heavy atom. The second-order valence-corrected chi connectivity index (χ2v) is 15.0. The molecule has 54 heavy (non-hydrogen) atoms. The van der Waals surface area contributed by atoms with Gasteiger partial charge in [0.2, 0.25) is 0 Å². The first-order valence-corrected chi connectivity index (χ1v) is 19.1. The van der Waals surface area contributed by atoms with Gasteiger partial charge in [-0.1, -0.05) is 140 Å². The molecule has 4 nitrogen and oxygen atoms in total.